The Morgan fingerprint density at radius 1 is 1.22 bits per heavy atom. The fourth-order valence-electron chi connectivity index (χ4n) is 2.10. The summed E-state index contributed by atoms with van der Waals surface area (Å²) in [6.07, 6.45) is 2.17. The third-order valence-corrected chi connectivity index (χ3v) is 3.12. The average molecular weight is 245 g/mol. The zero-order chi connectivity index (χ0) is 12.5. The van der Waals surface area contributed by atoms with Gasteiger partial charge in [-0.2, -0.15) is 4.98 Å². The lowest BCUT2D eigenvalue weighted by Gasteiger charge is -2.04. The molecule has 5 heteroatoms. The van der Waals surface area contributed by atoms with Crippen LogP contribution in [0, 0.1) is 0 Å². The van der Waals surface area contributed by atoms with Crippen molar-refractivity contribution in [2.45, 2.75) is 32.0 Å². The lowest BCUT2D eigenvalue weighted by Crippen LogP contribution is -2.01. The maximum Gasteiger partial charge on any atom is 0.256 e. The molecule has 3 rings (SSSR count). The number of hydrogen-bond acceptors (Lipinski definition) is 5. The molecule has 2 heterocycles. The molecule has 2 atom stereocenters. The minimum absolute atomic E-state index is 0.0602. The van der Waals surface area contributed by atoms with Gasteiger partial charge < -0.3 is 15.0 Å². The molecule has 0 bridgehead atoms. The van der Waals surface area contributed by atoms with Gasteiger partial charge in [-0.15, -0.1) is 0 Å². The van der Waals surface area contributed by atoms with Crippen LogP contribution in [0.5, 0.6) is 0 Å². The van der Waals surface area contributed by atoms with Crippen molar-refractivity contribution in [1.29, 1.82) is 0 Å². The number of nitrogens with two attached hydrogens (primary N) is 1. The molecule has 1 aliphatic rings. The van der Waals surface area contributed by atoms with Crippen LogP contribution in [-0.2, 0) is 4.74 Å². The number of rotatable bonds is 2. The Bertz CT molecular complexity index is 535. The fraction of sp³-hybridized carbons (Fsp3) is 0.385. The van der Waals surface area contributed by atoms with Crippen LogP contribution < -0.4 is 5.73 Å². The molecule has 0 radical (unpaired) electrons. The third-order valence-electron chi connectivity index (χ3n) is 3.12. The van der Waals surface area contributed by atoms with Crippen molar-refractivity contribution in [3.05, 3.63) is 30.2 Å². The summed E-state index contributed by atoms with van der Waals surface area (Å²) in [5, 5.41) is 3.98. The first-order chi connectivity index (χ1) is 8.72. The summed E-state index contributed by atoms with van der Waals surface area (Å²) in [6, 6.07) is 7.39. The monoisotopic (exact) mass is 245 g/mol. The molecule has 2 aromatic rings. The number of anilines is 1. The Hall–Kier alpha value is -1.88. The molecular weight excluding hydrogens is 230 g/mol. The summed E-state index contributed by atoms with van der Waals surface area (Å²) < 4.78 is 11.0. The molecule has 94 valence electrons. The Balaban J connectivity index is 1.83. The van der Waals surface area contributed by atoms with Crippen molar-refractivity contribution < 1.29 is 9.26 Å². The van der Waals surface area contributed by atoms with E-state index in [0.29, 0.717) is 11.7 Å². The summed E-state index contributed by atoms with van der Waals surface area (Å²) in [6.45, 7) is 2.05. The Morgan fingerprint density at radius 2 is 2.00 bits per heavy atom. The van der Waals surface area contributed by atoms with Crippen molar-refractivity contribution in [3.8, 4) is 11.4 Å². The summed E-state index contributed by atoms with van der Waals surface area (Å²) in [5.41, 5.74) is 7.25. The van der Waals surface area contributed by atoms with E-state index >= 15 is 0 Å². The second kappa shape index (κ2) is 4.42. The highest BCUT2D eigenvalue weighted by Crippen LogP contribution is 2.32. The second-order valence-corrected chi connectivity index (χ2v) is 4.59. The van der Waals surface area contributed by atoms with E-state index in [1.165, 1.54) is 0 Å². The van der Waals surface area contributed by atoms with Gasteiger partial charge in [0.05, 0.1) is 6.10 Å². The van der Waals surface area contributed by atoms with Gasteiger partial charge in [0.15, 0.2) is 0 Å². The van der Waals surface area contributed by atoms with Crippen molar-refractivity contribution in [1.82, 2.24) is 10.1 Å². The maximum absolute atomic E-state index is 5.70. The van der Waals surface area contributed by atoms with Gasteiger partial charge in [0, 0.05) is 11.3 Å². The molecule has 2 unspecified atom stereocenters. The number of aromatic nitrogens is 2. The molecule has 0 aliphatic carbocycles. The van der Waals surface area contributed by atoms with Gasteiger partial charge >= 0.3 is 0 Å². The van der Waals surface area contributed by atoms with Crippen LogP contribution in [0.3, 0.4) is 0 Å². The summed E-state index contributed by atoms with van der Waals surface area (Å²) in [5.74, 6) is 1.14. The molecule has 18 heavy (non-hydrogen) atoms. The van der Waals surface area contributed by atoms with Gasteiger partial charge in [-0.05, 0) is 44.0 Å². The Morgan fingerprint density at radius 3 is 2.67 bits per heavy atom. The number of ether oxygens (including phenoxy) is 1. The minimum atomic E-state index is -0.0602. The summed E-state index contributed by atoms with van der Waals surface area (Å²) in [7, 11) is 0. The van der Waals surface area contributed by atoms with Gasteiger partial charge in [0.2, 0.25) is 5.82 Å². The first-order valence-corrected chi connectivity index (χ1v) is 6.07. The predicted molar refractivity (Wildman–Crippen MR) is 66.7 cm³/mol. The van der Waals surface area contributed by atoms with Crippen molar-refractivity contribution >= 4 is 5.69 Å². The molecule has 0 spiro atoms. The predicted octanol–water partition coefficient (Wildman–Crippen LogP) is 2.56. The maximum atomic E-state index is 5.70. The highest BCUT2D eigenvalue weighted by Gasteiger charge is 2.28. The molecule has 1 aromatic heterocycles. The zero-order valence-electron chi connectivity index (χ0n) is 10.2. The normalized spacial score (nSPS) is 23.4. The van der Waals surface area contributed by atoms with E-state index in [-0.39, 0.29) is 12.2 Å². The third kappa shape index (κ3) is 2.09. The van der Waals surface area contributed by atoms with Crippen LogP contribution >= 0.6 is 0 Å². The van der Waals surface area contributed by atoms with Gasteiger partial charge in [-0.1, -0.05) is 5.16 Å². The van der Waals surface area contributed by atoms with Gasteiger partial charge in [0.1, 0.15) is 6.10 Å². The molecule has 1 aliphatic heterocycles. The summed E-state index contributed by atoms with van der Waals surface area (Å²) in [4.78, 5) is 4.38. The van der Waals surface area contributed by atoms with Crippen LogP contribution in [0.2, 0.25) is 0 Å². The number of benzene rings is 1. The lowest BCUT2D eigenvalue weighted by molar-refractivity contribution is 0.0355. The Kier molecular flexibility index (Phi) is 2.76. The van der Waals surface area contributed by atoms with E-state index in [1.807, 2.05) is 24.3 Å². The lowest BCUT2D eigenvalue weighted by atomic mass is 10.2. The standard InChI is InChI=1S/C13H15N3O2/c1-8-2-7-11(17-8)13-15-12(16-18-13)9-3-5-10(14)6-4-9/h3-6,8,11H,2,7,14H2,1H3. The number of nitrogens with zero attached hydrogens (tertiary/aromatic N) is 2. The number of nitrogen functional groups attached to an aromatic ring is 1. The molecule has 5 nitrogen and oxygen atoms in total. The van der Waals surface area contributed by atoms with Crippen LogP contribution in [0.1, 0.15) is 31.8 Å². The second-order valence-electron chi connectivity index (χ2n) is 4.59. The molecule has 0 saturated carbocycles. The minimum Gasteiger partial charge on any atom is -0.399 e. The zero-order valence-corrected chi connectivity index (χ0v) is 10.2. The SMILES string of the molecule is CC1CCC(c2nc(-c3ccc(N)cc3)no2)O1. The van der Waals surface area contributed by atoms with E-state index < -0.39 is 0 Å². The topological polar surface area (TPSA) is 74.2 Å². The van der Waals surface area contributed by atoms with E-state index in [9.17, 15) is 0 Å². The molecule has 1 saturated heterocycles. The highest BCUT2D eigenvalue weighted by atomic mass is 16.5. The van der Waals surface area contributed by atoms with Crippen LogP contribution in [0.4, 0.5) is 5.69 Å². The van der Waals surface area contributed by atoms with Crippen LogP contribution in [0.25, 0.3) is 11.4 Å². The smallest absolute Gasteiger partial charge is 0.256 e. The Labute approximate surface area is 105 Å². The van der Waals surface area contributed by atoms with Gasteiger partial charge in [-0.3, -0.25) is 0 Å². The van der Waals surface area contributed by atoms with Crippen LogP contribution in [-0.4, -0.2) is 16.2 Å². The van der Waals surface area contributed by atoms with Gasteiger partial charge in [0.25, 0.3) is 5.89 Å². The average Bonchev–Trinajstić information content (AvgIpc) is 2.98. The van der Waals surface area contributed by atoms with Crippen molar-refractivity contribution in [2.24, 2.45) is 0 Å². The largest absolute Gasteiger partial charge is 0.399 e. The van der Waals surface area contributed by atoms with Crippen molar-refractivity contribution in [3.63, 3.8) is 0 Å². The molecular formula is C13H15N3O2. The molecule has 0 amide bonds. The first kappa shape index (κ1) is 11.2. The van der Waals surface area contributed by atoms with E-state index in [1.54, 1.807) is 0 Å². The highest BCUT2D eigenvalue weighted by molar-refractivity contribution is 5.57. The van der Waals surface area contributed by atoms with E-state index in [0.717, 1.165) is 24.1 Å². The quantitative estimate of drug-likeness (QED) is 0.823. The van der Waals surface area contributed by atoms with Crippen molar-refractivity contribution in [2.75, 3.05) is 5.73 Å². The first-order valence-electron chi connectivity index (χ1n) is 6.07. The van der Waals surface area contributed by atoms with E-state index in [4.69, 9.17) is 15.0 Å². The van der Waals surface area contributed by atoms with Gasteiger partial charge in [-0.25, -0.2) is 0 Å². The molecule has 1 fully saturated rings. The fourth-order valence-corrected chi connectivity index (χ4v) is 2.10. The number of hydrogen-bond donors (Lipinski definition) is 1. The molecule has 1 aromatic carbocycles. The summed E-state index contributed by atoms with van der Waals surface area (Å²) >= 11 is 0. The van der Waals surface area contributed by atoms with Crippen LogP contribution in [0.15, 0.2) is 28.8 Å². The van der Waals surface area contributed by atoms with E-state index in [2.05, 4.69) is 17.1 Å². The molecule has 2 N–H and O–H groups in total.